The van der Waals surface area contributed by atoms with Crippen LogP contribution in [-0.4, -0.2) is 18.0 Å². The average Bonchev–Trinajstić information content (AvgIpc) is 2.28. The lowest BCUT2D eigenvalue weighted by Crippen LogP contribution is -2.26. The number of carbonyl (C=O) groups excluding carboxylic acids is 1. The largest absolute Gasteiger partial charge is 0.334 e. The summed E-state index contributed by atoms with van der Waals surface area (Å²) in [6.45, 7) is 0.338. The number of benzene rings is 1. The summed E-state index contributed by atoms with van der Waals surface area (Å²) in [4.78, 5) is 12.2. The van der Waals surface area contributed by atoms with Crippen LogP contribution in [0.5, 0.6) is 0 Å². The molecule has 0 aliphatic heterocycles. The van der Waals surface area contributed by atoms with Crippen molar-refractivity contribution in [3.8, 4) is 6.19 Å². The van der Waals surface area contributed by atoms with Crippen LogP contribution in [0.4, 0.5) is 10.5 Å². The number of rotatable bonds is 2. The maximum Gasteiger partial charge on any atom is 0.334 e. The lowest BCUT2D eigenvalue weighted by molar-refractivity contribution is 0.237. The molecule has 16 heavy (non-hydrogen) atoms. The van der Waals surface area contributed by atoms with E-state index in [1.165, 1.54) is 7.05 Å². The Morgan fingerprint density at radius 2 is 2.38 bits per heavy atom. The SMILES string of the molecule is CN(C#N)C(=O)Nc1ccc(CN)c(Cl)c1. The summed E-state index contributed by atoms with van der Waals surface area (Å²) >= 11 is 5.92. The minimum Gasteiger partial charge on any atom is -0.326 e. The van der Waals surface area contributed by atoms with Gasteiger partial charge in [-0.1, -0.05) is 17.7 Å². The fraction of sp³-hybridized carbons (Fsp3) is 0.200. The number of halogens is 1. The Hall–Kier alpha value is -1.77. The van der Waals surface area contributed by atoms with E-state index in [1.54, 1.807) is 24.4 Å². The highest BCUT2D eigenvalue weighted by atomic mass is 35.5. The number of urea groups is 1. The predicted octanol–water partition coefficient (Wildman–Crippen LogP) is 1.74. The van der Waals surface area contributed by atoms with Gasteiger partial charge in [-0.25, -0.2) is 9.69 Å². The molecule has 84 valence electrons. The summed E-state index contributed by atoms with van der Waals surface area (Å²) in [5.41, 5.74) is 6.77. The predicted molar refractivity (Wildman–Crippen MR) is 61.7 cm³/mol. The van der Waals surface area contributed by atoms with Crippen LogP contribution in [0.1, 0.15) is 5.56 Å². The van der Waals surface area contributed by atoms with Crippen molar-refractivity contribution in [2.24, 2.45) is 5.73 Å². The third-order valence-electron chi connectivity index (χ3n) is 1.98. The summed E-state index contributed by atoms with van der Waals surface area (Å²) < 4.78 is 0. The topological polar surface area (TPSA) is 82.2 Å². The zero-order valence-corrected chi connectivity index (χ0v) is 9.45. The molecule has 0 unspecified atom stereocenters. The number of nitrogens with two attached hydrogens (primary N) is 1. The normalized spacial score (nSPS) is 9.38. The highest BCUT2D eigenvalue weighted by Gasteiger charge is 2.08. The van der Waals surface area contributed by atoms with Crippen molar-refractivity contribution in [3.05, 3.63) is 28.8 Å². The molecule has 3 N–H and O–H groups in total. The number of anilines is 1. The van der Waals surface area contributed by atoms with Crippen molar-refractivity contribution in [1.82, 2.24) is 4.90 Å². The highest BCUT2D eigenvalue weighted by Crippen LogP contribution is 2.20. The van der Waals surface area contributed by atoms with E-state index in [2.05, 4.69) is 5.32 Å². The molecule has 0 saturated carbocycles. The van der Waals surface area contributed by atoms with Gasteiger partial charge in [-0.3, -0.25) is 0 Å². The van der Waals surface area contributed by atoms with E-state index in [-0.39, 0.29) is 0 Å². The van der Waals surface area contributed by atoms with Gasteiger partial charge in [0.05, 0.1) is 0 Å². The van der Waals surface area contributed by atoms with Crippen molar-refractivity contribution < 1.29 is 4.79 Å². The van der Waals surface area contributed by atoms with E-state index < -0.39 is 6.03 Å². The maximum atomic E-state index is 11.3. The van der Waals surface area contributed by atoms with Crippen LogP contribution in [0.15, 0.2) is 18.2 Å². The van der Waals surface area contributed by atoms with E-state index in [4.69, 9.17) is 22.6 Å². The molecular weight excluding hydrogens is 228 g/mol. The van der Waals surface area contributed by atoms with Gasteiger partial charge in [0.25, 0.3) is 0 Å². The number of nitriles is 1. The number of amides is 2. The summed E-state index contributed by atoms with van der Waals surface area (Å²) in [5.74, 6) is 0. The number of nitrogens with one attached hydrogen (secondary N) is 1. The van der Waals surface area contributed by atoms with E-state index >= 15 is 0 Å². The van der Waals surface area contributed by atoms with E-state index in [9.17, 15) is 4.79 Å². The zero-order valence-electron chi connectivity index (χ0n) is 8.70. The summed E-state index contributed by atoms with van der Waals surface area (Å²) in [7, 11) is 1.37. The molecule has 1 aromatic rings. The van der Waals surface area contributed by atoms with Gasteiger partial charge in [0, 0.05) is 24.3 Å². The molecule has 1 rings (SSSR count). The first-order chi connectivity index (χ1) is 7.58. The molecule has 0 aromatic heterocycles. The second kappa shape index (κ2) is 5.35. The van der Waals surface area contributed by atoms with Gasteiger partial charge in [-0.15, -0.1) is 0 Å². The van der Waals surface area contributed by atoms with Gasteiger partial charge in [0.15, 0.2) is 6.19 Å². The standard InChI is InChI=1S/C10H11ClN4O/c1-15(6-13)10(16)14-8-3-2-7(5-12)9(11)4-8/h2-4H,5,12H2,1H3,(H,14,16). The zero-order chi connectivity index (χ0) is 12.1. The molecule has 6 heteroatoms. The first-order valence-electron chi connectivity index (χ1n) is 4.51. The van der Waals surface area contributed by atoms with Crippen molar-refractivity contribution in [2.45, 2.75) is 6.54 Å². The quantitative estimate of drug-likeness (QED) is 0.608. The lowest BCUT2D eigenvalue weighted by atomic mass is 10.2. The Labute approximate surface area is 98.4 Å². The van der Waals surface area contributed by atoms with Crippen LogP contribution >= 0.6 is 11.6 Å². The molecule has 0 bridgehead atoms. The van der Waals surface area contributed by atoms with Crippen LogP contribution in [0.25, 0.3) is 0 Å². The Morgan fingerprint density at radius 1 is 1.69 bits per heavy atom. The molecule has 0 aliphatic carbocycles. The van der Waals surface area contributed by atoms with E-state index in [0.717, 1.165) is 10.5 Å². The summed E-state index contributed by atoms with van der Waals surface area (Å²) in [6.07, 6.45) is 1.69. The van der Waals surface area contributed by atoms with Crippen molar-refractivity contribution in [3.63, 3.8) is 0 Å². The molecule has 0 radical (unpaired) electrons. The first kappa shape index (κ1) is 12.3. The number of nitrogens with zero attached hydrogens (tertiary/aromatic N) is 2. The molecule has 0 fully saturated rings. The molecule has 0 aliphatic rings. The van der Waals surface area contributed by atoms with Crippen molar-refractivity contribution >= 4 is 23.3 Å². The number of carbonyl (C=O) groups is 1. The molecule has 0 heterocycles. The number of hydrogen-bond acceptors (Lipinski definition) is 3. The first-order valence-corrected chi connectivity index (χ1v) is 4.89. The van der Waals surface area contributed by atoms with Crippen molar-refractivity contribution in [1.29, 1.82) is 5.26 Å². The molecular formula is C10H11ClN4O. The Bertz CT molecular complexity index is 441. The fourth-order valence-electron chi connectivity index (χ4n) is 1.04. The van der Waals surface area contributed by atoms with Gasteiger partial charge in [-0.2, -0.15) is 5.26 Å². The molecule has 1 aromatic carbocycles. The minimum absolute atomic E-state index is 0.338. The summed E-state index contributed by atoms with van der Waals surface area (Å²) in [5, 5.41) is 11.5. The Balaban J connectivity index is 2.80. The lowest BCUT2D eigenvalue weighted by Gasteiger charge is -2.10. The second-order valence-electron chi connectivity index (χ2n) is 3.10. The van der Waals surface area contributed by atoms with Crippen molar-refractivity contribution in [2.75, 3.05) is 12.4 Å². The van der Waals surface area contributed by atoms with E-state index in [0.29, 0.717) is 17.3 Å². The van der Waals surface area contributed by atoms with Crippen LogP contribution in [-0.2, 0) is 6.54 Å². The second-order valence-corrected chi connectivity index (χ2v) is 3.51. The van der Waals surface area contributed by atoms with Crippen LogP contribution < -0.4 is 11.1 Å². The van der Waals surface area contributed by atoms with Crippen LogP contribution in [0, 0.1) is 11.5 Å². The average molecular weight is 239 g/mol. The smallest absolute Gasteiger partial charge is 0.326 e. The maximum absolute atomic E-state index is 11.3. The minimum atomic E-state index is -0.515. The third-order valence-corrected chi connectivity index (χ3v) is 2.33. The highest BCUT2D eigenvalue weighted by molar-refractivity contribution is 6.31. The Morgan fingerprint density at radius 3 is 2.88 bits per heavy atom. The molecule has 0 spiro atoms. The van der Waals surface area contributed by atoms with Gasteiger partial charge >= 0.3 is 6.03 Å². The number of hydrogen-bond donors (Lipinski definition) is 2. The molecule has 0 saturated heterocycles. The van der Waals surface area contributed by atoms with Gasteiger partial charge in [0.1, 0.15) is 0 Å². The molecule has 5 nitrogen and oxygen atoms in total. The fourth-order valence-corrected chi connectivity index (χ4v) is 1.30. The van der Waals surface area contributed by atoms with Gasteiger partial charge < -0.3 is 11.1 Å². The molecule has 2 amide bonds. The molecule has 0 atom stereocenters. The van der Waals surface area contributed by atoms with Gasteiger partial charge in [-0.05, 0) is 17.7 Å². The Kier molecular flexibility index (Phi) is 4.11. The third kappa shape index (κ3) is 2.86. The monoisotopic (exact) mass is 238 g/mol. The van der Waals surface area contributed by atoms with Crippen LogP contribution in [0.2, 0.25) is 5.02 Å². The van der Waals surface area contributed by atoms with Gasteiger partial charge in [0.2, 0.25) is 0 Å². The summed E-state index contributed by atoms with van der Waals surface area (Å²) in [6, 6.07) is 4.48. The van der Waals surface area contributed by atoms with Crippen LogP contribution in [0.3, 0.4) is 0 Å². The van der Waals surface area contributed by atoms with E-state index in [1.807, 2.05) is 0 Å².